The van der Waals surface area contributed by atoms with E-state index in [1.54, 1.807) is 0 Å². The fraction of sp³-hybridized carbons (Fsp3) is 0.291. The van der Waals surface area contributed by atoms with Gasteiger partial charge in [-0.2, -0.15) is 0 Å². The van der Waals surface area contributed by atoms with Crippen LogP contribution < -0.4 is 26.2 Å². The normalized spacial score (nSPS) is 13.3. The van der Waals surface area contributed by atoms with Crippen LogP contribution in [0.2, 0.25) is 0 Å². The third kappa shape index (κ3) is 16.1. The molecule has 0 atom stereocenters. The maximum Gasteiger partial charge on any atom is 0.252 e. The van der Waals surface area contributed by atoms with Gasteiger partial charge in [-0.05, 0) is 186 Å². The molecule has 119 heavy (non-hydrogen) atoms. The molecule has 12 aromatic carbocycles. The lowest BCUT2D eigenvalue weighted by molar-refractivity contribution is 0.568. The van der Waals surface area contributed by atoms with Crippen LogP contribution in [0.3, 0.4) is 0 Å². The number of aromatic nitrogens is 6. The first-order chi connectivity index (χ1) is 56.0. The molecule has 0 radical (unpaired) electrons. The highest BCUT2D eigenvalue weighted by Crippen LogP contribution is 2.53. The fourth-order valence-electron chi connectivity index (χ4n) is 16.6. The lowest BCUT2D eigenvalue weighted by atomic mass is 9.33. The molecular weight excluding hydrogens is 1440 g/mol. The molecule has 0 saturated carbocycles. The van der Waals surface area contributed by atoms with Gasteiger partial charge < -0.3 is 9.80 Å². The van der Waals surface area contributed by atoms with E-state index in [2.05, 4.69) is 437 Å². The third-order valence-corrected chi connectivity index (χ3v) is 24.2. The van der Waals surface area contributed by atoms with Crippen LogP contribution in [-0.2, 0) is 43.3 Å². The van der Waals surface area contributed by atoms with Crippen molar-refractivity contribution in [2.75, 3.05) is 9.80 Å². The molecule has 0 saturated heterocycles. The minimum absolute atomic E-state index is 0.145. The second kappa shape index (κ2) is 29.7. The SMILES string of the molecule is CC(C)(C)c1cc(-c2ccc3c(c2)N(c2ccc(C(C)(C)C)cc2-c2nc(-c4ccccc4)nc(-c4ccccc4)n2)c2cc(-c4cc(C(C)(C)C)cc(C(C)(C)C)c4)cc4c2B3c2ccc(-c3cc(C(C)(C)C)cc(C(C)(C)C)c3)cc2N4c2ccc(C(C)(C)C)cc2-c2nc(-c3ccccc3)nc(-c3ccccc3)n2)cc(C(C)(C)C)c1. The Labute approximate surface area is 709 Å². The highest BCUT2D eigenvalue weighted by Gasteiger charge is 2.46. The average molecular weight is 1560 g/mol. The molecular formula is C110H115BN8. The Hall–Kier alpha value is -11.7. The van der Waals surface area contributed by atoms with Crippen molar-refractivity contribution in [1.29, 1.82) is 0 Å². The number of fused-ring (bicyclic) bond motifs is 4. The second-order valence-corrected chi connectivity index (χ2v) is 41.5. The Morgan fingerprint density at radius 1 is 0.185 bits per heavy atom. The number of benzene rings is 12. The summed E-state index contributed by atoms with van der Waals surface area (Å²) in [5.74, 6) is 3.50. The number of anilines is 6. The topological polar surface area (TPSA) is 83.8 Å². The van der Waals surface area contributed by atoms with Crippen molar-refractivity contribution in [2.45, 2.75) is 209 Å². The van der Waals surface area contributed by atoms with Crippen molar-refractivity contribution < 1.29 is 0 Å². The van der Waals surface area contributed by atoms with Crippen LogP contribution in [0.1, 0.15) is 211 Å². The summed E-state index contributed by atoms with van der Waals surface area (Å²) in [7, 11) is 0. The minimum atomic E-state index is -0.328. The molecule has 2 aromatic heterocycles. The van der Waals surface area contributed by atoms with Gasteiger partial charge in [0, 0.05) is 56.1 Å². The second-order valence-electron chi connectivity index (χ2n) is 41.5. The Balaban J connectivity index is 1.11. The van der Waals surface area contributed by atoms with E-state index in [4.69, 9.17) is 29.9 Å². The molecule has 14 aromatic rings. The molecule has 2 aliphatic heterocycles. The maximum absolute atomic E-state index is 5.70. The molecule has 8 nitrogen and oxygen atoms in total. The van der Waals surface area contributed by atoms with Crippen LogP contribution in [0, 0.1) is 0 Å². The van der Waals surface area contributed by atoms with Crippen LogP contribution in [0.5, 0.6) is 0 Å². The van der Waals surface area contributed by atoms with Gasteiger partial charge in [-0.3, -0.25) is 0 Å². The first-order valence-electron chi connectivity index (χ1n) is 42.6. The molecule has 598 valence electrons. The van der Waals surface area contributed by atoms with Gasteiger partial charge in [-0.15, -0.1) is 0 Å². The van der Waals surface area contributed by atoms with Crippen LogP contribution in [0.4, 0.5) is 34.1 Å². The Morgan fingerprint density at radius 3 is 0.681 bits per heavy atom. The highest BCUT2D eigenvalue weighted by molar-refractivity contribution is 7.00. The van der Waals surface area contributed by atoms with Gasteiger partial charge in [0.1, 0.15) is 0 Å². The first kappa shape index (κ1) is 81.1. The summed E-state index contributed by atoms with van der Waals surface area (Å²) in [5.41, 5.74) is 30.1. The van der Waals surface area contributed by atoms with Crippen LogP contribution in [0.25, 0.3) is 102 Å². The van der Waals surface area contributed by atoms with E-state index in [0.717, 1.165) is 106 Å². The van der Waals surface area contributed by atoms with Gasteiger partial charge in [0.15, 0.2) is 34.9 Å². The zero-order chi connectivity index (χ0) is 84.6. The predicted molar refractivity (Wildman–Crippen MR) is 506 cm³/mol. The monoisotopic (exact) mass is 1560 g/mol. The summed E-state index contributed by atoms with van der Waals surface area (Å²) in [6.45, 7) is 55.7. The quantitative estimate of drug-likeness (QED) is 0.118. The average Bonchev–Trinajstić information content (AvgIpc) is 0.688. The standard InChI is InChI=1S/C110H115BN8/c1-103(2,3)78-47-51-90(86(66-78)101-114-97(68-37-29-25-30-38-68)112-98(115-101)69-39-31-26-32-40-69)118-92-59-72(74-53-80(105(7,8)9)63-81(54-74)106(10,11)12)45-49-88(92)111-89-50-46-73(75-55-82(107(13,14)15)64-83(56-75)108(16,17)18)60-93(89)119(95-62-77(61-94(118)96(95)111)76-57-84(109(19,20)21)65-85(58-76)110(22,23)24)91-52-48-79(104(4,5)6)67-87(91)102-116-99(70-41-33-27-34-42-70)113-100(117-102)71-43-35-28-36-44-71/h25-67H,1-24H3. The highest BCUT2D eigenvalue weighted by atomic mass is 15.2. The van der Waals surface area contributed by atoms with Crippen molar-refractivity contribution in [3.63, 3.8) is 0 Å². The van der Waals surface area contributed by atoms with E-state index in [9.17, 15) is 0 Å². The van der Waals surface area contributed by atoms with Gasteiger partial charge in [0.2, 0.25) is 0 Å². The number of hydrogen-bond acceptors (Lipinski definition) is 8. The van der Waals surface area contributed by atoms with Gasteiger partial charge >= 0.3 is 0 Å². The molecule has 2 aliphatic rings. The molecule has 16 rings (SSSR count). The van der Waals surface area contributed by atoms with Crippen molar-refractivity contribution in [2.24, 2.45) is 0 Å². The van der Waals surface area contributed by atoms with Crippen LogP contribution in [-0.4, -0.2) is 36.6 Å². The van der Waals surface area contributed by atoms with Gasteiger partial charge in [-0.1, -0.05) is 378 Å². The summed E-state index contributed by atoms with van der Waals surface area (Å²) < 4.78 is 0. The smallest absolute Gasteiger partial charge is 0.252 e. The maximum atomic E-state index is 5.70. The molecule has 0 aliphatic carbocycles. The summed E-state index contributed by atoms with van der Waals surface area (Å²) in [6, 6.07) is 97.7. The minimum Gasteiger partial charge on any atom is -0.311 e. The summed E-state index contributed by atoms with van der Waals surface area (Å²) in [4.78, 5) is 38.8. The lowest BCUT2D eigenvalue weighted by Crippen LogP contribution is -2.61. The first-order valence-corrected chi connectivity index (χ1v) is 42.6. The number of nitrogens with zero attached hydrogens (tertiary/aromatic N) is 8. The Bertz CT molecular complexity index is 5690. The van der Waals surface area contributed by atoms with E-state index in [1.807, 2.05) is 0 Å². The lowest BCUT2D eigenvalue weighted by Gasteiger charge is -2.45. The van der Waals surface area contributed by atoms with E-state index in [-0.39, 0.29) is 50.0 Å². The van der Waals surface area contributed by atoms with E-state index in [1.165, 1.54) is 55.4 Å². The largest absolute Gasteiger partial charge is 0.311 e. The number of hydrogen-bond donors (Lipinski definition) is 0. The number of rotatable bonds is 11. The van der Waals surface area contributed by atoms with Crippen molar-refractivity contribution >= 4 is 57.2 Å². The molecule has 0 fully saturated rings. The van der Waals surface area contributed by atoms with Gasteiger partial charge in [0.05, 0.1) is 11.4 Å². The molecule has 0 bridgehead atoms. The Kier molecular flexibility index (Phi) is 20.2. The van der Waals surface area contributed by atoms with Crippen molar-refractivity contribution in [3.05, 3.63) is 305 Å². The third-order valence-electron chi connectivity index (χ3n) is 24.2. The van der Waals surface area contributed by atoms with E-state index < -0.39 is 0 Å². The summed E-state index contributed by atoms with van der Waals surface area (Å²) in [5, 5.41) is 0. The zero-order valence-electron chi connectivity index (χ0n) is 74.5. The molecule has 0 unspecified atom stereocenters. The van der Waals surface area contributed by atoms with E-state index >= 15 is 0 Å². The zero-order valence-corrected chi connectivity index (χ0v) is 74.5. The van der Waals surface area contributed by atoms with Crippen LogP contribution in [0.15, 0.2) is 261 Å². The van der Waals surface area contributed by atoms with Gasteiger partial charge in [-0.25, -0.2) is 29.9 Å². The summed E-state index contributed by atoms with van der Waals surface area (Å²) in [6.07, 6.45) is 0. The molecule has 4 heterocycles. The van der Waals surface area contributed by atoms with Gasteiger partial charge in [0.25, 0.3) is 6.71 Å². The molecule has 0 amide bonds. The summed E-state index contributed by atoms with van der Waals surface area (Å²) >= 11 is 0. The van der Waals surface area contributed by atoms with Crippen molar-refractivity contribution in [3.8, 4) is 102 Å². The van der Waals surface area contributed by atoms with E-state index in [0.29, 0.717) is 34.9 Å². The van der Waals surface area contributed by atoms with Crippen LogP contribution >= 0.6 is 0 Å². The fourth-order valence-corrected chi connectivity index (χ4v) is 16.6. The molecule has 0 spiro atoms. The molecule has 0 N–H and O–H groups in total. The molecule has 9 heteroatoms. The van der Waals surface area contributed by atoms with Crippen molar-refractivity contribution in [1.82, 2.24) is 29.9 Å². The predicted octanol–water partition coefficient (Wildman–Crippen LogP) is 27.5. The Morgan fingerprint density at radius 2 is 0.420 bits per heavy atom.